The van der Waals surface area contributed by atoms with Crippen LogP contribution in [0.5, 0.6) is 0 Å². The summed E-state index contributed by atoms with van der Waals surface area (Å²) >= 11 is 0. The van der Waals surface area contributed by atoms with Crippen LogP contribution in [-0.4, -0.2) is 18.5 Å². The first-order valence-electron chi connectivity index (χ1n) is 7.03. The molecule has 0 aliphatic heterocycles. The number of rotatable bonds is 5. The summed E-state index contributed by atoms with van der Waals surface area (Å²) in [4.78, 5) is 11.7. The van der Waals surface area contributed by atoms with Gasteiger partial charge in [-0.2, -0.15) is 0 Å². The third-order valence-corrected chi connectivity index (χ3v) is 3.51. The monoisotopic (exact) mass is 264 g/mol. The first-order valence-corrected chi connectivity index (χ1v) is 7.03. The average Bonchev–Trinajstić information content (AvgIpc) is 2.42. The summed E-state index contributed by atoms with van der Waals surface area (Å²) in [5, 5.41) is 5.99. The Morgan fingerprint density at radius 2 is 1.95 bits per heavy atom. The molecule has 19 heavy (non-hydrogen) atoms. The number of amides is 1. The Labute approximate surface area is 113 Å². The van der Waals surface area contributed by atoms with E-state index in [1.807, 2.05) is 0 Å². The van der Waals surface area contributed by atoms with Crippen molar-refractivity contribution in [3.8, 4) is 0 Å². The molecule has 0 unspecified atom stereocenters. The quantitative estimate of drug-likeness (QED) is 0.858. The molecular weight excluding hydrogens is 243 g/mol. The van der Waals surface area contributed by atoms with Crippen molar-refractivity contribution in [2.75, 3.05) is 11.9 Å². The van der Waals surface area contributed by atoms with Gasteiger partial charge in [0, 0.05) is 19.0 Å². The second-order valence-electron chi connectivity index (χ2n) is 5.06. The van der Waals surface area contributed by atoms with Gasteiger partial charge < -0.3 is 10.6 Å². The zero-order chi connectivity index (χ0) is 13.5. The topological polar surface area (TPSA) is 41.1 Å². The highest BCUT2D eigenvalue weighted by molar-refractivity contribution is 5.76. The molecule has 0 aromatic heterocycles. The van der Waals surface area contributed by atoms with Gasteiger partial charge in [0.15, 0.2) is 0 Å². The van der Waals surface area contributed by atoms with Gasteiger partial charge in [-0.05, 0) is 25.0 Å². The molecule has 0 radical (unpaired) electrons. The molecule has 0 saturated heterocycles. The molecule has 2 rings (SSSR count). The summed E-state index contributed by atoms with van der Waals surface area (Å²) in [7, 11) is 0. The van der Waals surface area contributed by atoms with Gasteiger partial charge in [-0.1, -0.05) is 31.4 Å². The smallest absolute Gasteiger partial charge is 0.221 e. The largest absolute Gasteiger partial charge is 0.382 e. The van der Waals surface area contributed by atoms with Crippen molar-refractivity contribution in [3.63, 3.8) is 0 Å². The summed E-state index contributed by atoms with van der Waals surface area (Å²) in [6.45, 7) is 0.458. The minimum atomic E-state index is -0.282. The second-order valence-corrected chi connectivity index (χ2v) is 5.06. The van der Waals surface area contributed by atoms with Gasteiger partial charge >= 0.3 is 0 Å². The highest BCUT2D eigenvalue weighted by Gasteiger charge is 2.15. The van der Waals surface area contributed by atoms with Crippen LogP contribution < -0.4 is 10.6 Å². The van der Waals surface area contributed by atoms with Crippen LogP contribution in [0.25, 0.3) is 0 Å². The van der Waals surface area contributed by atoms with Crippen molar-refractivity contribution in [3.05, 3.63) is 30.1 Å². The molecule has 0 spiro atoms. The van der Waals surface area contributed by atoms with Crippen LogP contribution in [0.4, 0.5) is 10.1 Å². The normalized spacial score (nSPS) is 16.1. The van der Waals surface area contributed by atoms with E-state index in [1.54, 1.807) is 18.2 Å². The van der Waals surface area contributed by atoms with Gasteiger partial charge in [-0.25, -0.2) is 4.39 Å². The standard InChI is InChI=1S/C15H21FN2O/c16-13-8-4-5-9-14(13)17-11-10-15(19)18-12-6-2-1-3-7-12/h4-5,8-9,12,17H,1-3,6-7,10-11H2,(H,18,19). The number of halogens is 1. The summed E-state index contributed by atoms with van der Waals surface area (Å²) in [5.74, 6) is -0.231. The highest BCUT2D eigenvalue weighted by atomic mass is 19.1. The first-order chi connectivity index (χ1) is 9.25. The molecule has 4 heteroatoms. The number of hydrogen-bond donors (Lipinski definition) is 2. The number of benzene rings is 1. The molecule has 1 aliphatic rings. The summed E-state index contributed by atoms with van der Waals surface area (Å²) in [5.41, 5.74) is 0.452. The van der Waals surface area contributed by atoms with Gasteiger partial charge in [0.25, 0.3) is 0 Å². The molecule has 1 fully saturated rings. The van der Waals surface area contributed by atoms with Crippen LogP contribution >= 0.6 is 0 Å². The maximum absolute atomic E-state index is 13.3. The van der Waals surface area contributed by atoms with Crippen molar-refractivity contribution in [1.29, 1.82) is 0 Å². The lowest BCUT2D eigenvalue weighted by atomic mass is 9.95. The molecule has 0 heterocycles. The number of anilines is 1. The van der Waals surface area contributed by atoms with Gasteiger partial charge in [-0.15, -0.1) is 0 Å². The summed E-state index contributed by atoms with van der Waals surface area (Å²) < 4.78 is 13.3. The van der Waals surface area contributed by atoms with Crippen LogP contribution in [0.1, 0.15) is 38.5 Å². The predicted octanol–water partition coefficient (Wildman–Crippen LogP) is 3.08. The van der Waals surface area contributed by atoms with E-state index in [2.05, 4.69) is 10.6 Å². The Bertz CT molecular complexity index is 416. The van der Waals surface area contributed by atoms with E-state index < -0.39 is 0 Å². The van der Waals surface area contributed by atoms with Gasteiger partial charge in [0.2, 0.25) is 5.91 Å². The lowest BCUT2D eigenvalue weighted by Crippen LogP contribution is -2.36. The Morgan fingerprint density at radius 3 is 2.68 bits per heavy atom. The van der Waals surface area contributed by atoms with Gasteiger partial charge in [-0.3, -0.25) is 4.79 Å². The second kappa shape index (κ2) is 7.12. The Morgan fingerprint density at radius 1 is 1.21 bits per heavy atom. The van der Waals surface area contributed by atoms with E-state index in [9.17, 15) is 9.18 Å². The van der Waals surface area contributed by atoms with Crippen molar-refractivity contribution in [1.82, 2.24) is 5.32 Å². The van der Waals surface area contributed by atoms with E-state index in [4.69, 9.17) is 0 Å². The van der Waals surface area contributed by atoms with Crippen LogP contribution in [0.15, 0.2) is 24.3 Å². The first kappa shape index (κ1) is 13.8. The molecule has 1 aromatic rings. The fraction of sp³-hybridized carbons (Fsp3) is 0.533. The van der Waals surface area contributed by atoms with E-state index in [-0.39, 0.29) is 11.7 Å². The number of hydrogen-bond acceptors (Lipinski definition) is 2. The van der Waals surface area contributed by atoms with Crippen LogP contribution in [-0.2, 0) is 4.79 Å². The molecule has 2 N–H and O–H groups in total. The number of para-hydroxylation sites is 1. The summed E-state index contributed by atoms with van der Waals surface area (Å²) in [6, 6.07) is 6.84. The maximum atomic E-state index is 13.3. The molecule has 1 aromatic carbocycles. The van der Waals surface area contributed by atoms with E-state index >= 15 is 0 Å². The third kappa shape index (κ3) is 4.54. The molecule has 0 atom stereocenters. The molecule has 0 bridgehead atoms. The number of carbonyl (C=O) groups is 1. The Kier molecular flexibility index (Phi) is 5.19. The zero-order valence-corrected chi connectivity index (χ0v) is 11.1. The molecule has 3 nitrogen and oxygen atoms in total. The Hall–Kier alpha value is -1.58. The lowest BCUT2D eigenvalue weighted by Gasteiger charge is -2.22. The predicted molar refractivity (Wildman–Crippen MR) is 74.5 cm³/mol. The SMILES string of the molecule is O=C(CCNc1ccccc1F)NC1CCCCC1. The van der Waals surface area contributed by atoms with Crippen molar-refractivity contribution in [2.24, 2.45) is 0 Å². The fourth-order valence-electron chi connectivity index (χ4n) is 2.46. The molecule has 1 aliphatic carbocycles. The van der Waals surface area contributed by atoms with Crippen LogP contribution in [0.3, 0.4) is 0 Å². The molecule has 104 valence electrons. The van der Waals surface area contributed by atoms with Crippen LogP contribution in [0.2, 0.25) is 0 Å². The number of nitrogens with one attached hydrogen (secondary N) is 2. The fourth-order valence-corrected chi connectivity index (χ4v) is 2.46. The van der Waals surface area contributed by atoms with E-state index in [0.717, 1.165) is 12.8 Å². The van der Waals surface area contributed by atoms with E-state index in [0.29, 0.717) is 24.7 Å². The van der Waals surface area contributed by atoms with E-state index in [1.165, 1.54) is 25.3 Å². The zero-order valence-electron chi connectivity index (χ0n) is 11.1. The molecule has 1 amide bonds. The Balaban J connectivity index is 1.67. The highest BCUT2D eigenvalue weighted by Crippen LogP contribution is 2.17. The third-order valence-electron chi connectivity index (χ3n) is 3.51. The maximum Gasteiger partial charge on any atom is 0.221 e. The van der Waals surface area contributed by atoms with Gasteiger partial charge in [0.1, 0.15) is 5.82 Å². The minimum absolute atomic E-state index is 0.0516. The minimum Gasteiger partial charge on any atom is -0.382 e. The lowest BCUT2D eigenvalue weighted by molar-refractivity contribution is -0.121. The van der Waals surface area contributed by atoms with Crippen molar-refractivity contribution >= 4 is 11.6 Å². The van der Waals surface area contributed by atoms with Crippen molar-refractivity contribution < 1.29 is 9.18 Å². The molecular formula is C15H21FN2O. The molecule has 1 saturated carbocycles. The number of carbonyl (C=O) groups excluding carboxylic acids is 1. The van der Waals surface area contributed by atoms with Gasteiger partial charge in [0.05, 0.1) is 5.69 Å². The summed E-state index contributed by atoms with van der Waals surface area (Å²) in [6.07, 6.45) is 6.25. The average molecular weight is 264 g/mol. The van der Waals surface area contributed by atoms with Crippen LogP contribution in [0, 0.1) is 5.82 Å². The van der Waals surface area contributed by atoms with Crippen molar-refractivity contribution in [2.45, 2.75) is 44.6 Å².